The lowest BCUT2D eigenvalue weighted by Gasteiger charge is -2.31. The van der Waals surface area contributed by atoms with Gasteiger partial charge < -0.3 is 5.73 Å². The summed E-state index contributed by atoms with van der Waals surface area (Å²) in [4.78, 5) is 3.87. The zero-order chi connectivity index (χ0) is 11.5. The molecule has 2 N–H and O–H groups in total. The first kappa shape index (κ1) is 12.4. The molecule has 4 heteroatoms. The van der Waals surface area contributed by atoms with Gasteiger partial charge in [-0.2, -0.15) is 0 Å². The van der Waals surface area contributed by atoms with Crippen LogP contribution in [0.3, 0.4) is 0 Å². The van der Waals surface area contributed by atoms with E-state index in [0.717, 1.165) is 5.02 Å². The minimum Gasteiger partial charge on any atom is -0.329 e. The summed E-state index contributed by atoms with van der Waals surface area (Å²) in [5.74, 6) is 0. The molecule has 1 aromatic heterocycles. The van der Waals surface area contributed by atoms with Gasteiger partial charge in [-0.3, -0.25) is 4.90 Å². The Labute approximate surface area is 106 Å². The maximum Gasteiger partial charge on any atom is 0.0567 e. The average molecular weight is 259 g/mol. The van der Waals surface area contributed by atoms with Gasteiger partial charge in [0.25, 0.3) is 0 Å². The number of hydrogen-bond acceptors (Lipinski definition) is 3. The highest BCUT2D eigenvalue weighted by Gasteiger charge is 2.30. The van der Waals surface area contributed by atoms with Crippen LogP contribution < -0.4 is 5.73 Å². The van der Waals surface area contributed by atoms with Crippen molar-refractivity contribution in [3.63, 3.8) is 0 Å². The summed E-state index contributed by atoms with van der Waals surface area (Å²) in [5, 5.41) is 2.84. The molecule has 2 atom stereocenters. The zero-order valence-corrected chi connectivity index (χ0v) is 11.2. The molecule has 1 aromatic rings. The molecular weight excluding hydrogens is 240 g/mol. The van der Waals surface area contributed by atoms with Gasteiger partial charge in [-0.1, -0.05) is 18.5 Å². The van der Waals surface area contributed by atoms with Crippen molar-refractivity contribution in [1.29, 1.82) is 0 Å². The van der Waals surface area contributed by atoms with E-state index in [1.807, 2.05) is 5.38 Å². The van der Waals surface area contributed by atoms with Crippen molar-refractivity contribution >= 4 is 22.9 Å². The lowest BCUT2D eigenvalue weighted by molar-refractivity contribution is 0.183. The second kappa shape index (κ2) is 5.50. The van der Waals surface area contributed by atoms with Crippen molar-refractivity contribution in [2.45, 2.75) is 38.3 Å². The van der Waals surface area contributed by atoms with E-state index in [1.54, 1.807) is 11.3 Å². The highest BCUT2D eigenvalue weighted by atomic mass is 35.5. The lowest BCUT2D eigenvalue weighted by atomic mass is 10.1. The van der Waals surface area contributed by atoms with Crippen LogP contribution in [-0.2, 0) is 0 Å². The Hall–Kier alpha value is -0.0900. The topological polar surface area (TPSA) is 29.3 Å². The maximum atomic E-state index is 5.99. The summed E-state index contributed by atoms with van der Waals surface area (Å²) >= 11 is 7.72. The predicted octanol–water partition coefficient (Wildman–Crippen LogP) is 3.28. The zero-order valence-electron chi connectivity index (χ0n) is 9.66. The van der Waals surface area contributed by atoms with E-state index in [1.165, 1.54) is 30.7 Å². The fourth-order valence-corrected chi connectivity index (χ4v) is 3.84. The highest BCUT2D eigenvalue weighted by molar-refractivity contribution is 7.10. The van der Waals surface area contributed by atoms with Crippen LogP contribution >= 0.6 is 22.9 Å². The molecule has 1 aliphatic rings. The van der Waals surface area contributed by atoms with Crippen LogP contribution in [0.25, 0.3) is 0 Å². The third-order valence-electron chi connectivity index (χ3n) is 3.43. The molecule has 0 bridgehead atoms. The van der Waals surface area contributed by atoms with Crippen molar-refractivity contribution in [1.82, 2.24) is 4.90 Å². The van der Waals surface area contributed by atoms with E-state index in [9.17, 15) is 0 Å². The monoisotopic (exact) mass is 258 g/mol. The van der Waals surface area contributed by atoms with Gasteiger partial charge in [0.1, 0.15) is 0 Å². The molecule has 0 aromatic carbocycles. The number of hydrogen-bond donors (Lipinski definition) is 1. The third kappa shape index (κ3) is 2.43. The van der Waals surface area contributed by atoms with Crippen LogP contribution in [0.5, 0.6) is 0 Å². The number of halogens is 1. The first-order chi connectivity index (χ1) is 7.76. The molecule has 2 heterocycles. The maximum absolute atomic E-state index is 5.99. The normalized spacial score (nSPS) is 23.8. The summed E-state index contributed by atoms with van der Waals surface area (Å²) < 4.78 is 0. The summed E-state index contributed by atoms with van der Waals surface area (Å²) in [5.41, 5.74) is 5.93. The molecule has 0 saturated carbocycles. The molecule has 1 aliphatic heterocycles. The number of rotatable bonds is 4. The molecule has 0 radical (unpaired) electrons. The van der Waals surface area contributed by atoms with Gasteiger partial charge in [-0.05, 0) is 31.9 Å². The van der Waals surface area contributed by atoms with Crippen LogP contribution in [0, 0.1) is 0 Å². The summed E-state index contributed by atoms with van der Waals surface area (Å²) in [6, 6.07) is 3.13. The molecule has 16 heavy (non-hydrogen) atoms. The van der Waals surface area contributed by atoms with Gasteiger partial charge in [-0.25, -0.2) is 0 Å². The molecular formula is C12H19ClN2S. The second-order valence-electron chi connectivity index (χ2n) is 4.36. The average Bonchev–Trinajstić information content (AvgIpc) is 2.89. The minimum atomic E-state index is 0.366. The second-order valence-corrected chi connectivity index (χ2v) is 5.74. The molecule has 0 aliphatic carbocycles. The molecule has 1 saturated heterocycles. The number of nitrogens with two attached hydrogens (primary N) is 1. The molecule has 90 valence electrons. The van der Waals surface area contributed by atoms with E-state index in [2.05, 4.69) is 17.9 Å². The van der Waals surface area contributed by atoms with Crippen molar-refractivity contribution < 1.29 is 0 Å². The first-order valence-corrected chi connectivity index (χ1v) is 7.21. The summed E-state index contributed by atoms with van der Waals surface area (Å²) in [6.07, 6.45) is 3.83. The first-order valence-electron chi connectivity index (χ1n) is 5.96. The Kier molecular flexibility index (Phi) is 4.25. The van der Waals surface area contributed by atoms with Gasteiger partial charge in [0.2, 0.25) is 0 Å². The van der Waals surface area contributed by atoms with Crippen molar-refractivity contribution in [2.24, 2.45) is 5.73 Å². The van der Waals surface area contributed by atoms with Crippen molar-refractivity contribution in [3.05, 3.63) is 21.3 Å². The molecule has 2 rings (SSSR count). The van der Waals surface area contributed by atoms with E-state index in [0.29, 0.717) is 18.6 Å². The van der Waals surface area contributed by atoms with Gasteiger partial charge in [0.05, 0.1) is 11.1 Å². The van der Waals surface area contributed by atoms with Gasteiger partial charge in [0, 0.05) is 22.8 Å². The Morgan fingerprint density at radius 1 is 1.69 bits per heavy atom. The SMILES string of the molecule is CCC1CCCN1C(CN)c1cc(Cl)cs1. The summed E-state index contributed by atoms with van der Waals surface area (Å²) in [6.45, 7) is 4.13. The van der Waals surface area contributed by atoms with Gasteiger partial charge >= 0.3 is 0 Å². The van der Waals surface area contributed by atoms with Crippen LogP contribution in [0.4, 0.5) is 0 Å². The van der Waals surface area contributed by atoms with Crippen molar-refractivity contribution in [3.8, 4) is 0 Å². The highest BCUT2D eigenvalue weighted by Crippen LogP contribution is 2.34. The van der Waals surface area contributed by atoms with Crippen LogP contribution in [0.15, 0.2) is 11.4 Å². The quantitative estimate of drug-likeness (QED) is 0.898. The van der Waals surface area contributed by atoms with Gasteiger partial charge in [0.15, 0.2) is 0 Å². The van der Waals surface area contributed by atoms with Crippen molar-refractivity contribution in [2.75, 3.05) is 13.1 Å². The molecule has 2 nitrogen and oxygen atoms in total. The minimum absolute atomic E-state index is 0.366. The standard InChI is InChI=1S/C12H19ClN2S/c1-2-10-4-3-5-15(10)11(7-14)12-6-9(13)8-16-12/h6,8,10-11H,2-5,7,14H2,1H3. The number of thiophene rings is 1. The predicted molar refractivity (Wildman–Crippen MR) is 71.1 cm³/mol. The summed E-state index contributed by atoms with van der Waals surface area (Å²) in [7, 11) is 0. The van der Waals surface area contributed by atoms with Crippen LogP contribution in [0.1, 0.15) is 37.1 Å². The Morgan fingerprint density at radius 3 is 3.06 bits per heavy atom. The molecule has 2 unspecified atom stereocenters. The van der Waals surface area contributed by atoms with Crippen LogP contribution in [-0.4, -0.2) is 24.0 Å². The Bertz CT molecular complexity index is 340. The fraction of sp³-hybridized carbons (Fsp3) is 0.667. The Morgan fingerprint density at radius 2 is 2.50 bits per heavy atom. The molecule has 0 amide bonds. The van der Waals surface area contributed by atoms with E-state index >= 15 is 0 Å². The number of nitrogens with zero attached hydrogens (tertiary/aromatic N) is 1. The van der Waals surface area contributed by atoms with E-state index < -0.39 is 0 Å². The van der Waals surface area contributed by atoms with E-state index in [4.69, 9.17) is 17.3 Å². The van der Waals surface area contributed by atoms with Gasteiger partial charge in [-0.15, -0.1) is 11.3 Å². The van der Waals surface area contributed by atoms with E-state index in [-0.39, 0.29) is 0 Å². The van der Waals surface area contributed by atoms with Crippen LogP contribution in [0.2, 0.25) is 5.02 Å². The smallest absolute Gasteiger partial charge is 0.0567 e. The number of likely N-dealkylation sites (tertiary alicyclic amines) is 1. The Balaban J connectivity index is 2.15. The lowest BCUT2D eigenvalue weighted by Crippen LogP contribution is -2.36. The largest absolute Gasteiger partial charge is 0.329 e. The molecule has 0 spiro atoms. The fourth-order valence-electron chi connectivity index (χ4n) is 2.62. The third-order valence-corrected chi connectivity index (χ3v) is 4.82. The molecule has 1 fully saturated rings.